The van der Waals surface area contributed by atoms with Crippen molar-refractivity contribution in [2.24, 2.45) is 10.2 Å². The zero-order valence-electron chi connectivity index (χ0n) is 12.6. The van der Waals surface area contributed by atoms with E-state index in [-0.39, 0.29) is 17.3 Å². The van der Waals surface area contributed by atoms with Gasteiger partial charge in [-0.05, 0) is 25.1 Å². The van der Waals surface area contributed by atoms with Crippen molar-refractivity contribution in [1.29, 1.82) is 0 Å². The minimum atomic E-state index is -0.575. The molecule has 0 radical (unpaired) electrons. The largest absolute Gasteiger partial charge is 0.493 e. The van der Waals surface area contributed by atoms with Gasteiger partial charge in [-0.3, -0.25) is 14.9 Å². The number of aromatic hydroxyl groups is 1. The molecule has 0 aliphatic heterocycles. The number of nitrogens with one attached hydrogen (secondary N) is 1. The third-order valence-corrected chi connectivity index (χ3v) is 3.49. The van der Waals surface area contributed by atoms with Crippen molar-refractivity contribution in [3.8, 4) is 5.88 Å². The number of amides is 1. The molecule has 1 aromatic heterocycles. The average molecular weight is 324 g/mol. The number of nitro groups is 1. The van der Waals surface area contributed by atoms with E-state index in [1.165, 1.54) is 18.2 Å². The number of aryl methyl sites for hydroxylation is 1. The third-order valence-electron chi connectivity index (χ3n) is 3.49. The number of hydrogen-bond acceptors (Lipinski definition) is 5. The van der Waals surface area contributed by atoms with Gasteiger partial charge in [-0.25, -0.2) is 0 Å². The molecule has 3 aromatic rings. The van der Waals surface area contributed by atoms with E-state index >= 15 is 0 Å². The molecular weight excluding hydrogens is 312 g/mol. The van der Waals surface area contributed by atoms with Crippen LogP contribution in [-0.4, -0.2) is 20.9 Å². The van der Waals surface area contributed by atoms with Crippen LogP contribution in [0, 0.1) is 17.0 Å². The highest BCUT2D eigenvalue weighted by molar-refractivity contribution is 5.97. The Balaban J connectivity index is 1.98. The molecule has 2 N–H and O–H groups in total. The summed E-state index contributed by atoms with van der Waals surface area (Å²) >= 11 is 0. The molecule has 0 bridgehead atoms. The molecule has 0 fully saturated rings. The molecule has 0 unspecified atom stereocenters. The molecule has 0 spiro atoms. The van der Waals surface area contributed by atoms with Crippen molar-refractivity contribution in [2.75, 3.05) is 0 Å². The number of H-pyrrole nitrogens is 1. The lowest BCUT2D eigenvalue weighted by atomic mass is 10.1. The summed E-state index contributed by atoms with van der Waals surface area (Å²) in [5, 5.41) is 28.4. The van der Waals surface area contributed by atoms with Crippen molar-refractivity contribution >= 4 is 28.2 Å². The topological polar surface area (TPSA) is 121 Å². The summed E-state index contributed by atoms with van der Waals surface area (Å²) in [7, 11) is 0. The lowest BCUT2D eigenvalue weighted by molar-refractivity contribution is -0.384. The van der Waals surface area contributed by atoms with Gasteiger partial charge in [0, 0.05) is 23.1 Å². The molecule has 0 atom stereocenters. The molecule has 0 saturated carbocycles. The number of rotatable bonds is 3. The smallest absolute Gasteiger partial charge is 0.295 e. The number of benzene rings is 2. The van der Waals surface area contributed by atoms with Crippen LogP contribution in [0.1, 0.15) is 15.9 Å². The number of aromatic amines is 1. The van der Waals surface area contributed by atoms with Crippen LogP contribution in [0.25, 0.3) is 10.9 Å². The summed E-state index contributed by atoms with van der Waals surface area (Å²) in [5.74, 6) is -0.889. The predicted molar refractivity (Wildman–Crippen MR) is 86.6 cm³/mol. The standard InChI is InChI=1S/C16H12N4O4/c1-9-2-4-10(5-3-9)15(21)19-18-14-12-8-11(20(23)24)6-7-13(12)17-16(14)22/h2-8,17,22H,1H3. The monoisotopic (exact) mass is 324 g/mol. The fourth-order valence-corrected chi connectivity index (χ4v) is 2.22. The maximum Gasteiger partial charge on any atom is 0.295 e. The Morgan fingerprint density at radius 3 is 2.58 bits per heavy atom. The molecule has 0 aliphatic carbocycles. The highest BCUT2D eigenvalue weighted by Gasteiger charge is 2.15. The van der Waals surface area contributed by atoms with Gasteiger partial charge >= 0.3 is 0 Å². The SMILES string of the molecule is Cc1ccc(C(=O)N=Nc2c(O)[nH]c3ccc([N+](=O)[O-])cc23)cc1. The fourth-order valence-electron chi connectivity index (χ4n) is 2.22. The van der Waals surface area contributed by atoms with E-state index in [2.05, 4.69) is 15.2 Å². The fraction of sp³-hybridized carbons (Fsp3) is 0.0625. The lowest BCUT2D eigenvalue weighted by Crippen LogP contribution is -1.92. The van der Waals surface area contributed by atoms with Crippen LogP contribution in [0.5, 0.6) is 5.88 Å². The maximum absolute atomic E-state index is 12.0. The van der Waals surface area contributed by atoms with Crippen LogP contribution in [-0.2, 0) is 0 Å². The van der Waals surface area contributed by atoms with Crippen molar-refractivity contribution in [1.82, 2.24) is 4.98 Å². The molecule has 1 amide bonds. The van der Waals surface area contributed by atoms with E-state index in [1.54, 1.807) is 24.3 Å². The molecule has 8 nitrogen and oxygen atoms in total. The first-order chi connectivity index (χ1) is 11.5. The number of azo groups is 1. The number of nitrogens with zero attached hydrogens (tertiary/aromatic N) is 3. The van der Waals surface area contributed by atoms with Gasteiger partial charge in [-0.1, -0.05) is 17.7 Å². The maximum atomic E-state index is 12.0. The van der Waals surface area contributed by atoms with Crippen LogP contribution in [0.3, 0.4) is 0 Å². The van der Waals surface area contributed by atoms with Gasteiger partial charge in [-0.2, -0.15) is 0 Å². The zero-order valence-corrected chi connectivity index (χ0v) is 12.6. The molecule has 8 heteroatoms. The summed E-state index contributed by atoms with van der Waals surface area (Å²) < 4.78 is 0. The van der Waals surface area contributed by atoms with E-state index in [4.69, 9.17) is 0 Å². The highest BCUT2D eigenvalue weighted by Crippen LogP contribution is 2.37. The zero-order chi connectivity index (χ0) is 17.3. The summed E-state index contributed by atoms with van der Waals surface area (Å²) in [6, 6.07) is 10.8. The molecule has 120 valence electrons. The van der Waals surface area contributed by atoms with Crippen LogP contribution < -0.4 is 0 Å². The summed E-state index contributed by atoms with van der Waals surface area (Å²) in [6.07, 6.45) is 0. The van der Waals surface area contributed by atoms with E-state index in [0.29, 0.717) is 16.5 Å². The predicted octanol–water partition coefficient (Wildman–Crippen LogP) is 4.01. The second kappa shape index (κ2) is 5.92. The van der Waals surface area contributed by atoms with Crippen molar-refractivity contribution in [3.05, 3.63) is 63.7 Å². The number of hydrogen-bond donors (Lipinski definition) is 2. The molecular formula is C16H12N4O4. The first-order valence-electron chi connectivity index (χ1n) is 6.97. The van der Waals surface area contributed by atoms with Crippen LogP contribution in [0.4, 0.5) is 11.4 Å². The van der Waals surface area contributed by atoms with Gasteiger partial charge in [0.15, 0.2) is 5.69 Å². The van der Waals surface area contributed by atoms with E-state index in [0.717, 1.165) is 5.56 Å². The first kappa shape index (κ1) is 15.3. The summed E-state index contributed by atoms with van der Waals surface area (Å²) in [5.41, 5.74) is 1.64. The van der Waals surface area contributed by atoms with Crippen LogP contribution >= 0.6 is 0 Å². The Morgan fingerprint density at radius 1 is 1.21 bits per heavy atom. The normalized spacial score (nSPS) is 11.2. The van der Waals surface area contributed by atoms with Crippen LogP contribution in [0.15, 0.2) is 52.7 Å². The van der Waals surface area contributed by atoms with Gasteiger partial charge in [0.2, 0.25) is 5.88 Å². The lowest BCUT2D eigenvalue weighted by Gasteiger charge is -1.96. The van der Waals surface area contributed by atoms with Gasteiger partial charge < -0.3 is 10.1 Å². The third kappa shape index (κ3) is 2.84. The van der Waals surface area contributed by atoms with Gasteiger partial charge in [-0.15, -0.1) is 10.2 Å². The van der Waals surface area contributed by atoms with Gasteiger partial charge in [0.1, 0.15) is 0 Å². The minimum absolute atomic E-state index is 0.0193. The Morgan fingerprint density at radius 2 is 1.92 bits per heavy atom. The number of nitro benzene ring substituents is 1. The number of aromatic nitrogens is 1. The second-order valence-corrected chi connectivity index (χ2v) is 5.18. The molecule has 2 aromatic carbocycles. The number of non-ortho nitro benzene ring substituents is 1. The van der Waals surface area contributed by atoms with E-state index in [9.17, 15) is 20.0 Å². The molecule has 3 rings (SSSR count). The quantitative estimate of drug-likeness (QED) is 0.429. The van der Waals surface area contributed by atoms with Gasteiger partial charge in [0.25, 0.3) is 11.6 Å². The summed E-state index contributed by atoms with van der Waals surface area (Å²) in [4.78, 5) is 25.0. The van der Waals surface area contributed by atoms with Gasteiger partial charge in [0.05, 0.1) is 10.4 Å². The second-order valence-electron chi connectivity index (χ2n) is 5.18. The molecule has 0 aliphatic rings. The summed E-state index contributed by atoms with van der Waals surface area (Å²) in [6.45, 7) is 1.90. The average Bonchev–Trinajstić information content (AvgIpc) is 2.87. The minimum Gasteiger partial charge on any atom is -0.493 e. The number of carbonyl (C=O) groups excluding carboxylic acids is 1. The Labute approximate surface area is 135 Å². The van der Waals surface area contributed by atoms with Crippen molar-refractivity contribution in [3.63, 3.8) is 0 Å². The van der Waals surface area contributed by atoms with Crippen molar-refractivity contribution in [2.45, 2.75) is 6.92 Å². The molecule has 24 heavy (non-hydrogen) atoms. The first-order valence-corrected chi connectivity index (χ1v) is 6.97. The van der Waals surface area contributed by atoms with Crippen LogP contribution in [0.2, 0.25) is 0 Å². The highest BCUT2D eigenvalue weighted by atomic mass is 16.6. The van der Waals surface area contributed by atoms with E-state index in [1.807, 2.05) is 6.92 Å². The number of fused-ring (bicyclic) bond motifs is 1. The van der Waals surface area contributed by atoms with Crippen molar-refractivity contribution < 1.29 is 14.8 Å². The number of carbonyl (C=O) groups is 1. The molecule has 0 saturated heterocycles. The Bertz CT molecular complexity index is 974. The molecule has 1 heterocycles. The Hall–Kier alpha value is -3.55. The Kier molecular flexibility index (Phi) is 3.78. The van der Waals surface area contributed by atoms with E-state index < -0.39 is 10.8 Å².